The highest BCUT2D eigenvalue weighted by Gasteiger charge is 2.12. The third-order valence-corrected chi connectivity index (χ3v) is 3.94. The molecule has 0 fully saturated rings. The van der Waals surface area contributed by atoms with E-state index in [1.165, 1.54) is 12.1 Å². The standard InChI is InChI=1S/C14H10BrCl2F/c15-13-8-10(16)3-6-12(13)14(17)7-9-1-4-11(18)5-2-9/h1-6,8,14H,7H2. The summed E-state index contributed by atoms with van der Waals surface area (Å²) in [7, 11) is 0. The van der Waals surface area contributed by atoms with Crippen LogP contribution in [0.1, 0.15) is 16.5 Å². The van der Waals surface area contributed by atoms with E-state index < -0.39 is 0 Å². The predicted molar refractivity (Wildman–Crippen MR) is 77.9 cm³/mol. The maximum atomic E-state index is 12.8. The smallest absolute Gasteiger partial charge is 0.123 e. The van der Waals surface area contributed by atoms with E-state index in [1.54, 1.807) is 12.1 Å². The number of halogens is 4. The van der Waals surface area contributed by atoms with Gasteiger partial charge in [-0.3, -0.25) is 0 Å². The lowest BCUT2D eigenvalue weighted by atomic mass is 10.0. The molecule has 0 spiro atoms. The Morgan fingerprint density at radius 1 is 1.11 bits per heavy atom. The summed E-state index contributed by atoms with van der Waals surface area (Å²) >= 11 is 15.7. The fraction of sp³-hybridized carbons (Fsp3) is 0.143. The summed E-state index contributed by atoms with van der Waals surface area (Å²) in [6.07, 6.45) is 0.641. The van der Waals surface area contributed by atoms with Crippen LogP contribution in [0.5, 0.6) is 0 Å². The molecule has 0 saturated carbocycles. The van der Waals surface area contributed by atoms with Crippen molar-refractivity contribution in [3.63, 3.8) is 0 Å². The van der Waals surface area contributed by atoms with Gasteiger partial charge in [0.2, 0.25) is 0 Å². The van der Waals surface area contributed by atoms with Gasteiger partial charge in [-0.1, -0.05) is 45.7 Å². The van der Waals surface area contributed by atoms with Crippen molar-refractivity contribution in [2.24, 2.45) is 0 Å². The quantitative estimate of drug-likeness (QED) is 0.619. The second-order valence-corrected chi connectivity index (χ2v) is 5.78. The van der Waals surface area contributed by atoms with E-state index in [9.17, 15) is 4.39 Å². The SMILES string of the molecule is Fc1ccc(CC(Cl)c2ccc(Cl)cc2Br)cc1. The zero-order chi connectivity index (χ0) is 13.1. The molecule has 2 rings (SSSR count). The monoisotopic (exact) mass is 346 g/mol. The van der Waals surface area contributed by atoms with Crippen molar-refractivity contribution < 1.29 is 4.39 Å². The fourth-order valence-electron chi connectivity index (χ4n) is 1.69. The molecular formula is C14H10BrCl2F. The largest absolute Gasteiger partial charge is 0.207 e. The van der Waals surface area contributed by atoms with Crippen LogP contribution in [0.3, 0.4) is 0 Å². The molecule has 0 aliphatic rings. The highest BCUT2D eigenvalue weighted by Crippen LogP contribution is 2.32. The van der Waals surface area contributed by atoms with Crippen LogP contribution >= 0.6 is 39.1 Å². The van der Waals surface area contributed by atoms with Gasteiger partial charge in [-0.25, -0.2) is 4.39 Å². The number of benzene rings is 2. The lowest BCUT2D eigenvalue weighted by Gasteiger charge is -2.12. The van der Waals surface area contributed by atoms with Crippen molar-refractivity contribution >= 4 is 39.1 Å². The Balaban J connectivity index is 2.16. The zero-order valence-electron chi connectivity index (χ0n) is 9.34. The first-order chi connectivity index (χ1) is 8.56. The van der Waals surface area contributed by atoms with Crippen molar-refractivity contribution in [1.82, 2.24) is 0 Å². The van der Waals surface area contributed by atoms with Crippen LogP contribution in [0.4, 0.5) is 4.39 Å². The molecule has 0 aromatic heterocycles. The third-order valence-electron chi connectivity index (χ3n) is 2.63. The van der Waals surface area contributed by atoms with Crippen LogP contribution in [0.2, 0.25) is 5.02 Å². The molecule has 1 unspecified atom stereocenters. The summed E-state index contributed by atoms with van der Waals surface area (Å²) in [4.78, 5) is 0. The Morgan fingerprint density at radius 3 is 2.39 bits per heavy atom. The Bertz CT molecular complexity index is 540. The van der Waals surface area contributed by atoms with Crippen molar-refractivity contribution in [2.45, 2.75) is 11.8 Å². The van der Waals surface area contributed by atoms with E-state index in [-0.39, 0.29) is 11.2 Å². The fourth-order valence-corrected chi connectivity index (χ4v) is 3.15. The molecule has 0 nitrogen and oxygen atoms in total. The van der Waals surface area contributed by atoms with Crippen LogP contribution in [-0.4, -0.2) is 0 Å². The molecule has 2 aromatic carbocycles. The number of rotatable bonds is 3. The minimum atomic E-state index is -0.238. The highest BCUT2D eigenvalue weighted by atomic mass is 79.9. The third kappa shape index (κ3) is 3.47. The molecule has 0 radical (unpaired) electrons. The maximum Gasteiger partial charge on any atom is 0.123 e. The van der Waals surface area contributed by atoms with E-state index in [2.05, 4.69) is 15.9 Å². The molecule has 94 valence electrons. The van der Waals surface area contributed by atoms with Crippen molar-refractivity contribution in [3.05, 3.63) is 68.9 Å². The molecule has 0 amide bonds. The molecule has 1 atom stereocenters. The Hall–Kier alpha value is -0.570. The Morgan fingerprint density at radius 2 is 1.78 bits per heavy atom. The molecule has 2 aromatic rings. The first-order valence-corrected chi connectivity index (χ1v) is 7.00. The second kappa shape index (κ2) is 6.05. The minimum absolute atomic E-state index is 0.179. The highest BCUT2D eigenvalue weighted by molar-refractivity contribution is 9.10. The second-order valence-electron chi connectivity index (χ2n) is 3.96. The molecule has 0 saturated heterocycles. The lowest BCUT2D eigenvalue weighted by Crippen LogP contribution is -1.97. The van der Waals surface area contributed by atoms with Crippen LogP contribution in [0.25, 0.3) is 0 Å². The summed E-state index contributed by atoms with van der Waals surface area (Å²) in [6.45, 7) is 0. The maximum absolute atomic E-state index is 12.8. The van der Waals surface area contributed by atoms with Crippen molar-refractivity contribution in [1.29, 1.82) is 0 Å². The molecule has 18 heavy (non-hydrogen) atoms. The van der Waals surface area contributed by atoms with Crippen molar-refractivity contribution in [2.75, 3.05) is 0 Å². The summed E-state index contributed by atoms with van der Waals surface area (Å²) in [5.41, 5.74) is 1.98. The van der Waals surface area contributed by atoms with Gasteiger partial charge in [0, 0.05) is 9.50 Å². The molecule has 0 heterocycles. The van der Waals surface area contributed by atoms with E-state index in [1.807, 2.05) is 18.2 Å². The van der Waals surface area contributed by atoms with Gasteiger partial charge >= 0.3 is 0 Å². The van der Waals surface area contributed by atoms with Gasteiger partial charge in [-0.2, -0.15) is 0 Å². The first-order valence-electron chi connectivity index (χ1n) is 5.40. The summed E-state index contributed by atoms with van der Waals surface area (Å²) in [5.74, 6) is -0.238. The number of hydrogen-bond donors (Lipinski definition) is 0. The zero-order valence-corrected chi connectivity index (χ0v) is 12.4. The van der Waals surface area contributed by atoms with Crippen LogP contribution < -0.4 is 0 Å². The number of alkyl halides is 1. The Labute approximate surface area is 124 Å². The molecule has 4 heteroatoms. The molecule has 0 aliphatic heterocycles. The van der Waals surface area contributed by atoms with Crippen LogP contribution in [-0.2, 0) is 6.42 Å². The van der Waals surface area contributed by atoms with Crippen molar-refractivity contribution in [3.8, 4) is 0 Å². The van der Waals surface area contributed by atoms with Gasteiger partial charge in [0.1, 0.15) is 5.82 Å². The topological polar surface area (TPSA) is 0 Å². The molecule has 0 bridgehead atoms. The summed E-state index contributed by atoms with van der Waals surface area (Å²) in [6, 6.07) is 11.9. The van der Waals surface area contributed by atoms with Crippen LogP contribution in [0.15, 0.2) is 46.9 Å². The average molecular weight is 348 g/mol. The van der Waals surface area contributed by atoms with Gasteiger partial charge in [0.05, 0.1) is 5.38 Å². The molecular weight excluding hydrogens is 338 g/mol. The van der Waals surface area contributed by atoms with Crippen LogP contribution in [0, 0.1) is 5.82 Å². The van der Waals surface area contributed by atoms with E-state index in [4.69, 9.17) is 23.2 Å². The van der Waals surface area contributed by atoms with Gasteiger partial charge in [0.15, 0.2) is 0 Å². The summed E-state index contributed by atoms with van der Waals surface area (Å²) in [5, 5.41) is 0.485. The normalized spacial score (nSPS) is 12.4. The summed E-state index contributed by atoms with van der Waals surface area (Å²) < 4.78 is 13.7. The van der Waals surface area contributed by atoms with Gasteiger partial charge in [-0.15, -0.1) is 11.6 Å². The van der Waals surface area contributed by atoms with E-state index >= 15 is 0 Å². The van der Waals surface area contributed by atoms with E-state index in [0.717, 1.165) is 15.6 Å². The lowest BCUT2D eigenvalue weighted by molar-refractivity contribution is 0.627. The van der Waals surface area contributed by atoms with Gasteiger partial charge < -0.3 is 0 Å². The molecule has 0 N–H and O–H groups in total. The minimum Gasteiger partial charge on any atom is -0.207 e. The van der Waals surface area contributed by atoms with E-state index in [0.29, 0.717) is 11.4 Å². The van der Waals surface area contributed by atoms with Gasteiger partial charge in [0.25, 0.3) is 0 Å². The first kappa shape index (κ1) is 13.9. The predicted octanol–water partition coefficient (Wildman–Crippen LogP) is 5.76. The average Bonchev–Trinajstić information content (AvgIpc) is 2.32. The Kier molecular flexibility index (Phi) is 4.66. The molecule has 0 aliphatic carbocycles. The number of hydrogen-bond acceptors (Lipinski definition) is 0. The van der Waals surface area contributed by atoms with Gasteiger partial charge in [-0.05, 0) is 41.8 Å².